The highest BCUT2D eigenvalue weighted by Crippen LogP contribution is 2.53. The smallest absolute Gasteiger partial charge is 0.303 e. The van der Waals surface area contributed by atoms with E-state index >= 15 is 0 Å². The molecule has 0 fully saturated rings. The van der Waals surface area contributed by atoms with Crippen molar-refractivity contribution in [2.45, 2.75) is 49.3 Å². The number of phosphoric ester groups is 1. The molecule has 5 unspecified atom stereocenters. The lowest BCUT2D eigenvalue weighted by Gasteiger charge is -2.37. The van der Waals surface area contributed by atoms with Crippen molar-refractivity contribution in [3.05, 3.63) is 0 Å². The van der Waals surface area contributed by atoms with Gasteiger partial charge in [-0.05, 0) is 0 Å². The zero-order valence-corrected chi connectivity index (χ0v) is 11.7. The van der Waals surface area contributed by atoms with Gasteiger partial charge in [0.05, 0.1) is 0 Å². The van der Waals surface area contributed by atoms with E-state index < -0.39 is 57.1 Å². The molecule has 0 spiro atoms. The normalized spacial score (nSPS) is 21.5. The third-order valence-corrected chi connectivity index (χ3v) is 2.95. The van der Waals surface area contributed by atoms with Crippen molar-refractivity contribution in [2.24, 2.45) is 0 Å². The minimum absolute atomic E-state index is 2.52. The Bertz CT molecular complexity index is 459. The average molecular weight is 408 g/mol. The Morgan fingerprint density at radius 2 is 1.08 bits per heavy atom. The van der Waals surface area contributed by atoms with Crippen LogP contribution in [0.1, 0.15) is 0 Å². The summed E-state index contributed by atoms with van der Waals surface area (Å²) in [6, 6.07) is 0. The molecule has 24 heavy (non-hydrogen) atoms. The van der Waals surface area contributed by atoms with Crippen molar-refractivity contribution in [1.82, 2.24) is 0 Å². The van der Waals surface area contributed by atoms with Gasteiger partial charge in [0.15, 0.2) is 12.3 Å². The summed E-state index contributed by atoms with van der Waals surface area (Å²) < 4.78 is 153. The lowest BCUT2D eigenvalue weighted by atomic mass is 9.95. The quantitative estimate of drug-likeness (QED) is 0.454. The van der Waals surface area contributed by atoms with Crippen LogP contribution in [0.2, 0.25) is 0 Å². The molecule has 2 N–H and O–H groups in total. The Labute approximate surface area is 125 Å². The van der Waals surface area contributed by atoms with Crippen LogP contribution in [0.25, 0.3) is 0 Å². The van der Waals surface area contributed by atoms with Gasteiger partial charge in [-0.15, -0.1) is 0 Å². The molecule has 0 saturated carbocycles. The summed E-state index contributed by atoms with van der Waals surface area (Å²) in [5, 5.41) is 0. The Morgan fingerprint density at radius 3 is 1.38 bits per heavy atom. The Balaban J connectivity index is 6.06. The molecule has 146 valence electrons. The summed E-state index contributed by atoms with van der Waals surface area (Å²) in [4.78, 5) is 16.4. The second-order valence-electron chi connectivity index (χ2n) is 4.21. The molecule has 4 nitrogen and oxygen atoms in total. The molecular formula is C8H8F11O4P. The third kappa shape index (κ3) is 4.92. The maximum Gasteiger partial charge on any atom is 0.472 e. The molecule has 16 heteroatoms. The summed E-state index contributed by atoms with van der Waals surface area (Å²) in [5.74, 6) is -12.8. The molecule has 0 amide bonds. The van der Waals surface area contributed by atoms with Gasteiger partial charge in [0.2, 0.25) is 12.3 Å². The Morgan fingerprint density at radius 1 is 0.750 bits per heavy atom. The van der Waals surface area contributed by atoms with E-state index in [-0.39, 0.29) is 0 Å². The number of halogens is 11. The van der Waals surface area contributed by atoms with Gasteiger partial charge in [-0.1, -0.05) is 0 Å². The van der Waals surface area contributed by atoms with Crippen LogP contribution in [-0.4, -0.2) is 59.1 Å². The Kier molecular flexibility index (Phi) is 7.49. The molecular weight excluding hydrogens is 400 g/mol. The summed E-state index contributed by atoms with van der Waals surface area (Å²) in [7, 11) is -6.58. The first-order valence-corrected chi connectivity index (χ1v) is 6.97. The van der Waals surface area contributed by atoms with E-state index in [1.165, 1.54) is 0 Å². The fourth-order valence-corrected chi connectivity index (χ4v) is 1.88. The maximum absolute atomic E-state index is 13.9. The topological polar surface area (TPSA) is 66.8 Å². The van der Waals surface area contributed by atoms with Gasteiger partial charge in [0.1, 0.15) is 0 Å². The summed E-state index contributed by atoms with van der Waals surface area (Å²) in [5.41, 5.74) is 0. The number of hydrogen-bond donors (Lipinski definition) is 2. The molecule has 0 aliphatic carbocycles. The molecule has 5 atom stereocenters. The van der Waals surface area contributed by atoms with Crippen LogP contribution in [0, 0.1) is 0 Å². The first kappa shape index (κ1) is 23.3. The molecule has 0 aromatic rings. The standard InChI is InChI=1S/C8H8F11O4P/c9-1(5(13)14)3(11)7(17,18)8(19,23-24(20,21)22)4(12)2(10)6(15)16/h1-6H,(H2,20,21,22). The van der Waals surface area contributed by atoms with Crippen LogP contribution in [0.4, 0.5) is 48.3 Å². The van der Waals surface area contributed by atoms with Crippen molar-refractivity contribution in [2.75, 3.05) is 0 Å². The molecule has 0 saturated heterocycles. The van der Waals surface area contributed by atoms with Crippen molar-refractivity contribution in [3.63, 3.8) is 0 Å². The van der Waals surface area contributed by atoms with Crippen LogP contribution in [-0.2, 0) is 9.09 Å². The monoisotopic (exact) mass is 408 g/mol. The average Bonchev–Trinajstić information content (AvgIpc) is 2.41. The number of alkyl halides is 11. The largest absolute Gasteiger partial charge is 0.472 e. The highest BCUT2D eigenvalue weighted by atomic mass is 31.2. The van der Waals surface area contributed by atoms with Crippen LogP contribution >= 0.6 is 7.82 Å². The van der Waals surface area contributed by atoms with Gasteiger partial charge >= 0.3 is 19.6 Å². The number of rotatable bonds is 9. The lowest BCUT2D eigenvalue weighted by Crippen LogP contribution is -2.63. The van der Waals surface area contributed by atoms with Crippen molar-refractivity contribution in [1.29, 1.82) is 0 Å². The van der Waals surface area contributed by atoms with Crippen molar-refractivity contribution in [3.8, 4) is 0 Å². The lowest BCUT2D eigenvalue weighted by molar-refractivity contribution is -0.311. The molecule has 0 aliphatic rings. The van der Waals surface area contributed by atoms with Crippen molar-refractivity contribution < 1.29 is 67.2 Å². The second kappa shape index (κ2) is 7.70. The highest BCUT2D eigenvalue weighted by Gasteiger charge is 2.73. The van der Waals surface area contributed by atoms with Crippen LogP contribution < -0.4 is 0 Å². The molecule has 0 aromatic carbocycles. The van der Waals surface area contributed by atoms with Gasteiger partial charge in [-0.25, -0.2) is 48.6 Å². The molecule has 0 heterocycles. The van der Waals surface area contributed by atoms with E-state index in [2.05, 4.69) is 4.52 Å². The SMILES string of the molecule is O=P(O)(O)OC(F)(C(F)C(F)C(F)F)C(F)(F)C(F)C(F)C(F)F. The van der Waals surface area contributed by atoms with Crippen LogP contribution in [0.5, 0.6) is 0 Å². The van der Waals surface area contributed by atoms with Crippen LogP contribution in [0.15, 0.2) is 0 Å². The minimum atomic E-state index is -6.58. The summed E-state index contributed by atoms with van der Waals surface area (Å²) in [6.45, 7) is 0. The van der Waals surface area contributed by atoms with Gasteiger partial charge < -0.3 is 9.79 Å². The highest BCUT2D eigenvalue weighted by molar-refractivity contribution is 7.46. The van der Waals surface area contributed by atoms with Gasteiger partial charge in [-0.2, -0.15) is 8.78 Å². The minimum Gasteiger partial charge on any atom is -0.303 e. The number of hydrogen-bond acceptors (Lipinski definition) is 2. The fourth-order valence-electron chi connectivity index (χ4n) is 1.32. The predicted octanol–water partition coefficient (Wildman–Crippen LogP) is 3.28. The van der Waals surface area contributed by atoms with E-state index in [4.69, 9.17) is 9.79 Å². The predicted molar refractivity (Wildman–Crippen MR) is 53.5 cm³/mol. The van der Waals surface area contributed by atoms with Crippen molar-refractivity contribution >= 4 is 7.82 Å². The van der Waals surface area contributed by atoms with E-state index in [1.54, 1.807) is 0 Å². The zero-order chi connectivity index (χ0) is 19.7. The molecule has 0 bridgehead atoms. The first-order valence-electron chi connectivity index (χ1n) is 5.44. The first-order chi connectivity index (χ1) is 10.5. The van der Waals surface area contributed by atoms with Gasteiger partial charge in [-0.3, -0.25) is 0 Å². The van der Waals surface area contributed by atoms with Crippen LogP contribution in [0.3, 0.4) is 0 Å². The molecule has 0 radical (unpaired) electrons. The zero-order valence-electron chi connectivity index (χ0n) is 10.8. The third-order valence-electron chi connectivity index (χ3n) is 2.45. The summed E-state index contributed by atoms with van der Waals surface area (Å²) in [6.07, 6.45) is -28.2. The molecule has 0 rings (SSSR count). The van der Waals surface area contributed by atoms with E-state index in [0.717, 1.165) is 0 Å². The number of phosphoric acid groups is 1. The van der Waals surface area contributed by atoms with E-state index in [0.29, 0.717) is 0 Å². The summed E-state index contributed by atoms with van der Waals surface area (Å²) >= 11 is 0. The Hall–Kier alpha value is -0.660. The van der Waals surface area contributed by atoms with Gasteiger partial charge in [0, 0.05) is 0 Å². The fraction of sp³-hybridized carbons (Fsp3) is 1.00. The van der Waals surface area contributed by atoms with E-state index in [9.17, 15) is 52.9 Å². The second-order valence-corrected chi connectivity index (χ2v) is 5.37. The maximum atomic E-state index is 13.9. The van der Waals surface area contributed by atoms with Gasteiger partial charge in [0.25, 0.3) is 12.9 Å². The molecule has 0 aliphatic heterocycles. The van der Waals surface area contributed by atoms with E-state index in [1.807, 2.05) is 0 Å². The molecule has 0 aromatic heterocycles.